The Morgan fingerprint density at radius 1 is 1.15 bits per heavy atom. The molecule has 1 fully saturated rings. The number of hydrazine groups is 1. The van der Waals surface area contributed by atoms with Crippen molar-refractivity contribution in [2.45, 2.75) is 37.4 Å². The van der Waals surface area contributed by atoms with Crippen LogP contribution < -0.4 is 15.7 Å². The minimum atomic E-state index is 0.0790. The molecule has 0 bridgehead atoms. The van der Waals surface area contributed by atoms with E-state index < -0.39 is 0 Å². The van der Waals surface area contributed by atoms with Crippen molar-refractivity contribution in [2.75, 3.05) is 31.4 Å². The summed E-state index contributed by atoms with van der Waals surface area (Å²) in [5, 5.41) is 3.02. The number of nitrogens with zero attached hydrogens (tertiary/aromatic N) is 3. The zero-order valence-corrected chi connectivity index (χ0v) is 15.8. The predicted molar refractivity (Wildman–Crippen MR) is 104 cm³/mol. The van der Waals surface area contributed by atoms with Gasteiger partial charge in [0.05, 0.1) is 12.7 Å². The molecule has 138 valence electrons. The van der Waals surface area contributed by atoms with Gasteiger partial charge in [0.15, 0.2) is 11.0 Å². The summed E-state index contributed by atoms with van der Waals surface area (Å²) in [6.07, 6.45) is 4.20. The van der Waals surface area contributed by atoms with Crippen LogP contribution in [0, 0.1) is 0 Å². The summed E-state index contributed by atoms with van der Waals surface area (Å²) in [5.41, 5.74) is 5.34. The van der Waals surface area contributed by atoms with Crippen molar-refractivity contribution >= 4 is 17.6 Å². The van der Waals surface area contributed by atoms with Crippen LogP contribution in [-0.4, -0.2) is 40.5 Å². The highest BCUT2D eigenvalue weighted by Crippen LogP contribution is 2.26. The summed E-state index contributed by atoms with van der Waals surface area (Å²) in [7, 11) is 1.66. The van der Waals surface area contributed by atoms with E-state index in [9.17, 15) is 4.79 Å². The number of hydrogen-bond donors (Lipinski definition) is 1. The summed E-state index contributed by atoms with van der Waals surface area (Å²) in [4.78, 5) is 17.9. The minimum Gasteiger partial charge on any atom is -0.497 e. The minimum absolute atomic E-state index is 0.0790. The topological polar surface area (TPSA) is 59.4 Å². The normalized spacial score (nSPS) is 17.1. The van der Waals surface area contributed by atoms with E-state index in [1.807, 2.05) is 28.8 Å². The first-order valence-electron chi connectivity index (χ1n) is 9.15. The van der Waals surface area contributed by atoms with Crippen molar-refractivity contribution in [3.8, 4) is 5.75 Å². The van der Waals surface area contributed by atoms with Crippen molar-refractivity contribution in [3.63, 3.8) is 0 Å². The summed E-state index contributed by atoms with van der Waals surface area (Å²) in [5.74, 6) is 2.45. The first-order valence-corrected chi connectivity index (χ1v) is 10.1. The summed E-state index contributed by atoms with van der Waals surface area (Å²) in [6.45, 7) is 2.73. The predicted octanol–water partition coefficient (Wildman–Crippen LogP) is 2.76. The quantitative estimate of drug-likeness (QED) is 0.815. The molecule has 1 aromatic heterocycles. The number of rotatable bonds is 5. The van der Waals surface area contributed by atoms with Crippen LogP contribution >= 0.6 is 11.8 Å². The Labute approximate surface area is 157 Å². The lowest BCUT2D eigenvalue weighted by Crippen LogP contribution is -2.37. The lowest BCUT2D eigenvalue weighted by atomic mass is 10.1. The lowest BCUT2D eigenvalue weighted by Gasteiger charge is -2.28. The molecule has 7 heteroatoms. The largest absolute Gasteiger partial charge is 0.497 e. The molecule has 0 atom stereocenters. The maximum absolute atomic E-state index is 13.1. The van der Waals surface area contributed by atoms with E-state index in [0.717, 1.165) is 47.4 Å². The number of anilines is 1. The Balaban J connectivity index is 1.67. The SMILES string of the molecule is COc1ccc(Cc2c(NN3CCCCC3)nc3n(c2=O)CCS3)cc1. The summed E-state index contributed by atoms with van der Waals surface area (Å²) < 4.78 is 7.04. The van der Waals surface area contributed by atoms with Gasteiger partial charge in [-0.25, -0.2) is 9.99 Å². The third kappa shape index (κ3) is 3.59. The van der Waals surface area contributed by atoms with Crippen LogP contribution in [0.4, 0.5) is 5.82 Å². The lowest BCUT2D eigenvalue weighted by molar-refractivity contribution is 0.271. The molecular weight excluding hydrogens is 348 g/mol. The van der Waals surface area contributed by atoms with Gasteiger partial charge in [-0.05, 0) is 30.5 Å². The summed E-state index contributed by atoms with van der Waals surface area (Å²) in [6, 6.07) is 7.88. The maximum Gasteiger partial charge on any atom is 0.259 e. The molecule has 0 saturated carbocycles. The Morgan fingerprint density at radius 2 is 1.92 bits per heavy atom. The molecule has 26 heavy (non-hydrogen) atoms. The number of fused-ring (bicyclic) bond motifs is 1. The fraction of sp³-hybridized carbons (Fsp3) is 0.474. The molecular formula is C19H24N4O2S. The Hall–Kier alpha value is -1.99. The second kappa shape index (κ2) is 7.72. The molecule has 2 aliphatic heterocycles. The van der Waals surface area contributed by atoms with Gasteiger partial charge in [-0.2, -0.15) is 0 Å². The molecule has 2 aromatic rings. The Morgan fingerprint density at radius 3 is 2.65 bits per heavy atom. The Kier molecular flexibility index (Phi) is 5.17. The average molecular weight is 372 g/mol. The molecule has 2 aliphatic rings. The molecule has 1 saturated heterocycles. The van der Waals surface area contributed by atoms with Crippen molar-refractivity contribution in [2.24, 2.45) is 0 Å². The number of methoxy groups -OCH3 is 1. The van der Waals surface area contributed by atoms with Crippen molar-refractivity contribution in [1.29, 1.82) is 0 Å². The molecule has 0 amide bonds. The number of piperidine rings is 1. The zero-order valence-electron chi connectivity index (χ0n) is 15.0. The molecule has 0 radical (unpaired) electrons. The van der Waals surface area contributed by atoms with E-state index in [1.54, 1.807) is 18.9 Å². The van der Waals surface area contributed by atoms with Gasteiger partial charge in [0.25, 0.3) is 5.56 Å². The molecule has 1 N–H and O–H groups in total. The monoisotopic (exact) mass is 372 g/mol. The molecule has 0 spiro atoms. The van der Waals surface area contributed by atoms with Gasteiger partial charge >= 0.3 is 0 Å². The van der Waals surface area contributed by atoms with Crippen LogP contribution in [0.25, 0.3) is 0 Å². The highest BCUT2D eigenvalue weighted by atomic mass is 32.2. The fourth-order valence-corrected chi connectivity index (χ4v) is 4.41. The molecule has 6 nitrogen and oxygen atoms in total. The van der Waals surface area contributed by atoms with E-state index in [4.69, 9.17) is 9.72 Å². The average Bonchev–Trinajstić information content (AvgIpc) is 3.15. The Bertz CT molecular complexity index is 829. The van der Waals surface area contributed by atoms with Gasteiger partial charge in [0.1, 0.15) is 5.75 Å². The second-order valence-corrected chi connectivity index (χ2v) is 7.77. The van der Waals surface area contributed by atoms with E-state index >= 15 is 0 Å². The highest BCUT2D eigenvalue weighted by molar-refractivity contribution is 7.99. The fourth-order valence-electron chi connectivity index (χ4n) is 3.46. The summed E-state index contributed by atoms with van der Waals surface area (Å²) >= 11 is 1.65. The third-order valence-corrected chi connectivity index (χ3v) is 5.89. The number of benzene rings is 1. The molecule has 0 aliphatic carbocycles. The van der Waals surface area contributed by atoms with Gasteiger partial charge in [0, 0.05) is 31.8 Å². The van der Waals surface area contributed by atoms with Crippen LogP contribution in [0.15, 0.2) is 34.2 Å². The van der Waals surface area contributed by atoms with Gasteiger partial charge < -0.3 is 10.2 Å². The molecule has 1 aromatic carbocycles. The van der Waals surface area contributed by atoms with E-state index in [0.29, 0.717) is 12.2 Å². The van der Waals surface area contributed by atoms with Crippen LogP contribution in [0.3, 0.4) is 0 Å². The molecule has 4 rings (SSSR count). The van der Waals surface area contributed by atoms with Crippen molar-refractivity contribution in [3.05, 3.63) is 45.7 Å². The van der Waals surface area contributed by atoms with E-state index in [2.05, 4.69) is 10.4 Å². The molecule has 0 unspecified atom stereocenters. The highest BCUT2D eigenvalue weighted by Gasteiger charge is 2.22. The molecule has 3 heterocycles. The van der Waals surface area contributed by atoms with Crippen LogP contribution in [-0.2, 0) is 13.0 Å². The number of thioether (sulfide) groups is 1. The van der Waals surface area contributed by atoms with Gasteiger partial charge in [-0.3, -0.25) is 9.36 Å². The number of ether oxygens (including phenoxy) is 1. The number of aromatic nitrogens is 2. The third-order valence-electron chi connectivity index (χ3n) is 4.93. The van der Waals surface area contributed by atoms with Gasteiger partial charge in [0.2, 0.25) is 0 Å². The second-order valence-electron chi connectivity index (χ2n) is 6.71. The standard InChI is InChI=1S/C19H24N4O2S/c1-25-15-7-5-14(6-8-15)13-16-17(21-22-9-3-2-4-10-22)20-19-23(18(16)24)11-12-26-19/h5-8,21H,2-4,9-13H2,1H3. The van der Waals surface area contributed by atoms with Crippen molar-refractivity contribution in [1.82, 2.24) is 14.6 Å². The van der Waals surface area contributed by atoms with Crippen molar-refractivity contribution < 1.29 is 4.74 Å². The number of hydrogen-bond acceptors (Lipinski definition) is 6. The van der Waals surface area contributed by atoms with E-state index in [1.165, 1.54) is 19.3 Å². The maximum atomic E-state index is 13.1. The number of nitrogens with one attached hydrogen (secondary N) is 1. The van der Waals surface area contributed by atoms with E-state index in [-0.39, 0.29) is 5.56 Å². The van der Waals surface area contributed by atoms with Gasteiger partial charge in [-0.15, -0.1) is 0 Å². The zero-order chi connectivity index (χ0) is 17.9. The van der Waals surface area contributed by atoms with Crippen LogP contribution in [0.2, 0.25) is 0 Å². The smallest absolute Gasteiger partial charge is 0.259 e. The van der Waals surface area contributed by atoms with Crippen LogP contribution in [0.5, 0.6) is 5.75 Å². The first-order chi connectivity index (χ1) is 12.7. The first kappa shape index (κ1) is 17.4. The van der Waals surface area contributed by atoms with Crippen LogP contribution in [0.1, 0.15) is 30.4 Å². The van der Waals surface area contributed by atoms with Gasteiger partial charge in [-0.1, -0.05) is 30.3 Å².